The van der Waals surface area contributed by atoms with Crippen LogP contribution in [-0.2, 0) is 14.4 Å². The number of hydrogen-bond acceptors (Lipinski definition) is 5. The first-order valence-electron chi connectivity index (χ1n) is 8.86. The van der Waals surface area contributed by atoms with Crippen LogP contribution in [0.3, 0.4) is 0 Å². The number of nitrogens with zero attached hydrogens (tertiary/aromatic N) is 1. The number of benzene rings is 2. The molecule has 0 spiro atoms. The lowest BCUT2D eigenvalue weighted by Crippen LogP contribution is -2.41. The summed E-state index contributed by atoms with van der Waals surface area (Å²) in [5.41, 5.74) is 3.18. The van der Waals surface area contributed by atoms with Crippen LogP contribution in [0.25, 0.3) is 0 Å². The Morgan fingerprint density at radius 1 is 1.17 bits per heavy atom. The quantitative estimate of drug-likeness (QED) is 0.311. The summed E-state index contributed by atoms with van der Waals surface area (Å²) in [5.74, 6) is -1.69. The highest BCUT2D eigenvalue weighted by Gasteiger charge is 2.13. The fourth-order valence-electron chi connectivity index (χ4n) is 2.20. The van der Waals surface area contributed by atoms with Crippen molar-refractivity contribution in [2.24, 2.45) is 5.10 Å². The molecule has 0 radical (unpaired) electrons. The van der Waals surface area contributed by atoms with Gasteiger partial charge in [0.2, 0.25) is 0 Å². The summed E-state index contributed by atoms with van der Waals surface area (Å²) in [7, 11) is 0. The van der Waals surface area contributed by atoms with Crippen LogP contribution in [0.15, 0.2) is 52.0 Å². The van der Waals surface area contributed by atoms with Crippen LogP contribution in [0.5, 0.6) is 5.75 Å². The molecule has 30 heavy (non-hydrogen) atoms. The van der Waals surface area contributed by atoms with Crippen molar-refractivity contribution in [3.8, 4) is 5.75 Å². The Morgan fingerprint density at radius 2 is 1.93 bits per heavy atom. The summed E-state index contributed by atoms with van der Waals surface area (Å²) in [5, 5.41) is 9.41. The number of ether oxygens (including phenoxy) is 1. The van der Waals surface area contributed by atoms with Crippen LogP contribution in [0.1, 0.15) is 19.4 Å². The number of hydrazone groups is 1. The molecule has 0 atom stereocenters. The third-order valence-corrected chi connectivity index (χ3v) is 4.16. The van der Waals surface area contributed by atoms with Crippen LogP contribution < -0.4 is 20.8 Å². The van der Waals surface area contributed by atoms with E-state index in [1.807, 2.05) is 0 Å². The third-order valence-electron chi connectivity index (χ3n) is 3.43. The minimum atomic E-state index is -0.890. The Bertz CT molecular complexity index is 966. The van der Waals surface area contributed by atoms with Crippen molar-refractivity contribution in [2.75, 3.05) is 11.9 Å². The second-order valence-electron chi connectivity index (χ2n) is 6.36. The molecule has 10 heteroatoms. The van der Waals surface area contributed by atoms with Gasteiger partial charge in [-0.05, 0) is 50.2 Å². The number of amides is 3. The Morgan fingerprint density at radius 3 is 2.63 bits per heavy atom. The number of anilines is 1. The number of halogens is 2. The van der Waals surface area contributed by atoms with E-state index >= 15 is 0 Å². The van der Waals surface area contributed by atoms with Gasteiger partial charge in [-0.1, -0.05) is 33.6 Å². The fraction of sp³-hybridized carbons (Fsp3) is 0.200. The van der Waals surface area contributed by atoms with E-state index in [1.165, 1.54) is 6.21 Å². The molecule has 0 aliphatic rings. The predicted octanol–water partition coefficient (Wildman–Crippen LogP) is 3.09. The maximum atomic E-state index is 12.1. The van der Waals surface area contributed by atoms with Crippen LogP contribution in [0.2, 0.25) is 5.02 Å². The van der Waals surface area contributed by atoms with E-state index in [0.717, 1.165) is 4.47 Å². The Hall–Kier alpha value is -2.91. The highest BCUT2D eigenvalue weighted by atomic mass is 79.9. The van der Waals surface area contributed by atoms with Gasteiger partial charge < -0.3 is 15.4 Å². The maximum absolute atomic E-state index is 12.1. The SMILES string of the molecule is CC(C)NC(=O)C(=O)N/N=C\c1cc(Br)ccc1OCC(=O)Nc1cccc(Cl)c1. The monoisotopic (exact) mass is 494 g/mol. The van der Waals surface area contributed by atoms with Crippen molar-refractivity contribution in [3.63, 3.8) is 0 Å². The summed E-state index contributed by atoms with van der Waals surface area (Å²) in [4.78, 5) is 35.4. The molecular formula is C20H20BrClN4O4. The van der Waals surface area contributed by atoms with E-state index < -0.39 is 11.8 Å². The summed E-state index contributed by atoms with van der Waals surface area (Å²) in [6, 6.07) is 11.6. The van der Waals surface area contributed by atoms with Gasteiger partial charge in [0, 0.05) is 26.8 Å². The van der Waals surface area contributed by atoms with E-state index in [9.17, 15) is 14.4 Å². The molecule has 0 saturated heterocycles. The minimum absolute atomic E-state index is 0.171. The van der Waals surface area contributed by atoms with Gasteiger partial charge in [0.05, 0.1) is 6.21 Å². The summed E-state index contributed by atoms with van der Waals surface area (Å²) >= 11 is 9.23. The molecule has 0 aliphatic carbocycles. The standard InChI is InChI=1S/C20H20BrClN4O4/c1-12(2)24-19(28)20(29)26-23-10-13-8-14(21)6-7-17(13)30-11-18(27)25-16-5-3-4-15(22)9-16/h3-10,12H,11H2,1-2H3,(H,24,28)(H,25,27)(H,26,29)/b23-10-. The number of rotatable bonds is 7. The maximum Gasteiger partial charge on any atom is 0.329 e. The molecular weight excluding hydrogens is 476 g/mol. The predicted molar refractivity (Wildman–Crippen MR) is 119 cm³/mol. The molecule has 3 N–H and O–H groups in total. The first-order valence-corrected chi connectivity index (χ1v) is 10.0. The van der Waals surface area contributed by atoms with Crippen LogP contribution in [0.4, 0.5) is 5.69 Å². The molecule has 0 unspecified atom stereocenters. The molecule has 0 aliphatic heterocycles. The smallest absolute Gasteiger partial charge is 0.329 e. The molecule has 0 aromatic heterocycles. The summed E-state index contributed by atoms with van der Waals surface area (Å²) in [6.45, 7) is 3.22. The number of carbonyl (C=O) groups excluding carboxylic acids is 3. The number of nitrogens with one attached hydrogen (secondary N) is 3. The molecule has 8 nitrogen and oxygen atoms in total. The molecule has 0 heterocycles. The van der Waals surface area contributed by atoms with Gasteiger partial charge >= 0.3 is 11.8 Å². The van der Waals surface area contributed by atoms with Crippen molar-refractivity contribution in [3.05, 3.63) is 57.5 Å². The highest BCUT2D eigenvalue weighted by Crippen LogP contribution is 2.22. The first-order chi connectivity index (χ1) is 14.2. The summed E-state index contributed by atoms with van der Waals surface area (Å²) in [6.07, 6.45) is 1.32. The molecule has 2 aromatic carbocycles. The van der Waals surface area contributed by atoms with Gasteiger partial charge in [-0.15, -0.1) is 0 Å². The normalized spacial score (nSPS) is 10.7. The van der Waals surface area contributed by atoms with Crippen molar-refractivity contribution < 1.29 is 19.1 Å². The highest BCUT2D eigenvalue weighted by molar-refractivity contribution is 9.10. The van der Waals surface area contributed by atoms with Gasteiger partial charge in [-0.3, -0.25) is 14.4 Å². The van der Waals surface area contributed by atoms with Crippen molar-refractivity contribution >= 4 is 57.2 Å². The second kappa shape index (κ2) is 11.3. The number of carbonyl (C=O) groups is 3. The minimum Gasteiger partial charge on any atom is -0.483 e. The third kappa shape index (κ3) is 7.84. The van der Waals surface area contributed by atoms with Crippen LogP contribution in [-0.4, -0.2) is 36.6 Å². The van der Waals surface area contributed by atoms with E-state index in [-0.39, 0.29) is 18.6 Å². The molecule has 2 aromatic rings. The van der Waals surface area contributed by atoms with Crippen molar-refractivity contribution in [1.29, 1.82) is 0 Å². The Kier molecular flexibility index (Phi) is 8.82. The van der Waals surface area contributed by atoms with Gasteiger partial charge in [0.25, 0.3) is 5.91 Å². The summed E-state index contributed by atoms with van der Waals surface area (Å²) < 4.78 is 6.30. The average Bonchev–Trinajstić information content (AvgIpc) is 2.66. The van der Waals surface area contributed by atoms with E-state index in [2.05, 4.69) is 37.1 Å². The topological polar surface area (TPSA) is 109 Å². The van der Waals surface area contributed by atoms with E-state index in [4.69, 9.17) is 16.3 Å². The zero-order valence-corrected chi connectivity index (χ0v) is 18.6. The zero-order valence-electron chi connectivity index (χ0n) is 16.2. The fourth-order valence-corrected chi connectivity index (χ4v) is 2.77. The van der Waals surface area contributed by atoms with Gasteiger partial charge in [-0.25, -0.2) is 5.43 Å². The van der Waals surface area contributed by atoms with Gasteiger partial charge in [0.15, 0.2) is 6.61 Å². The Balaban J connectivity index is 1.98. The zero-order chi connectivity index (χ0) is 22.1. The second-order valence-corrected chi connectivity index (χ2v) is 7.71. The average molecular weight is 496 g/mol. The first kappa shape index (κ1) is 23.4. The molecule has 3 amide bonds. The van der Waals surface area contributed by atoms with Crippen molar-refractivity contribution in [2.45, 2.75) is 19.9 Å². The van der Waals surface area contributed by atoms with Crippen LogP contribution in [0, 0.1) is 0 Å². The molecule has 0 saturated carbocycles. The van der Waals surface area contributed by atoms with E-state index in [0.29, 0.717) is 22.0 Å². The van der Waals surface area contributed by atoms with Gasteiger partial charge in [-0.2, -0.15) is 5.10 Å². The molecule has 158 valence electrons. The van der Waals surface area contributed by atoms with Gasteiger partial charge in [0.1, 0.15) is 5.75 Å². The Labute approximate surface area is 187 Å². The van der Waals surface area contributed by atoms with Crippen LogP contribution >= 0.6 is 27.5 Å². The molecule has 0 fully saturated rings. The molecule has 0 bridgehead atoms. The lowest BCUT2D eigenvalue weighted by atomic mass is 10.2. The molecule has 2 rings (SSSR count). The largest absolute Gasteiger partial charge is 0.483 e. The van der Waals surface area contributed by atoms with Crippen molar-refractivity contribution in [1.82, 2.24) is 10.7 Å². The van der Waals surface area contributed by atoms with E-state index in [1.54, 1.807) is 56.3 Å². The lowest BCUT2D eigenvalue weighted by molar-refractivity contribution is -0.139. The lowest BCUT2D eigenvalue weighted by Gasteiger charge is -2.10. The number of hydrogen-bond donors (Lipinski definition) is 3.